The molecule has 3 aromatic rings. The molecule has 2 aliphatic rings. The highest BCUT2D eigenvalue weighted by Crippen LogP contribution is 2.51. The van der Waals surface area contributed by atoms with Crippen LogP contribution < -0.4 is 31.1 Å². The molecule has 2 aliphatic heterocycles. The number of hydrogen-bond donors (Lipinski definition) is 0. The Kier molecular flexibility index (Phi) is 8.31. The van der Waals surface area contributed by atoms with Crippen LogP contribution in [0, 0.1) is 0 Å². The molecule has 0 saturated carbocycles. The van der Waals surface area contributed by atoms with E-state index in [0.717, 1.165) is 74.1 Å². The van der Waals surface area contributed by atoms with Gasteiger partial charge in [0.05, 0.1) is 10.4 Å². The number of fused-ring (bicyclic) bond motifs is 2. The molecule has 0 spiro atoms. The molecule has 0 radical (unpaired) electrons. The summed E-state index contributed by atoms with van der Waals surface area (Å²) in [5.74, 6) is 0. The van der Waals surface area contributed by atoms with Crippen molar-refractivity contribution in [3.05, 3.63) is 90.5 Å². The third-order valence-corrected chi connectivity index (χ3v) is 9.94. The van der Waals surface area contributed by atoms with E-state index in [1.807, 2.05) is 0 Å². The Morgan fingerprint density at radius 1 is 0.548 bits per heavy atom. The zero-order valence-electron chi connectivity index (χ0n) is 27.1. The molecule has 224 valence electrons. The number of benzene rings is 2. The molecular weight excluding hydrogens is 516 g/mol. The fourth-order valence-corrected chi connectivity index (χ4v) is 8.11. The first kappa shape index (κ1) is 30.3. The lowest BCUT2D eigenvalue weighted by atomic mass is 9.80. The first-order valence-corrected chi connectivity index (χ1v) is 16.4. The predicted octanol–water partition coefficient (Wildman–Crippen LogP) is 7.03. The van der Waals surface area contributed by atoms with Crippen molar-refractivity contribution in [3.63, 3.8) is 0 Å². The second kappa shape index (κ2) is 11.5. The Bertz CT molecular complexity index is 1490. The Hall–Kier alpha value is -3.14. The van der Waals surface area contributed by atoms with E-state index < -0.39 is 10.8 Å². The minimum Gasteiger partial charge on any atom is -0.340 e. The summed E-state index contributed by atoms with van der Waals surface area (Å²) < 4.78 is 0. The molecule has 3 aromatic carbocycles. The second-order valence-electron chi connectivity index (χ2n) is 13.6. The lowest BCUT2D eigenvalue weighted by molar-refractivity contribution is 0.534. The molecule has 0 unspecified atom stereocenters. The molecule has 0 saturated heterocycles. The molecule has 0 bridgehead atoms. The van der Waals surface area contributed by atoms with Gasteiger partial charge < -0.3 is 9.80 Å². The van der Waals surface area contributed by atoms with Gasteiger partial charge in [-0.05, 0) is 48.9 Å². The topological polar surface area (TPSA) is 40.6 Å². The Labute approximate surface area is 252 Å². The van der Waals surface area contributed by atoms with Gasteiger partial charge in [-0.25, -0.2) is 0 Å². The van der Waals surface area contributed by atoms with Gasteiger partial charge in [-0.1, -0.05) is 117 Å². The number of hydrogen-bond acceptors (Lipinski definition) is 4. The van der Waals surface area contributed by atoms with E-state index in [0.29, 0.717) is 10.4 Å². The summed E-state index contributed by atoms with van der Waals surface area (Å²) >= 11 is 0. The van der Waals surface area contributed by atoms with Crippen LogP contribution in [0.2, 0.25) is 0 Å². The van der Waals surface area contributed by atoms with E-state index in [1.54, 1.807) is 0 Å². The van der Waals surface area contributed by atoms with Gasteiger partial charge in [-0.15, -0.1) is 0 Å². The van der Waals surface area contributed by atoms with Crippen molar-refractivity contribution < 1.29 is 0 Å². The van der Waals surface area contributed by atoms with Gasteiger partial charge in [-0.3, -0.25) is 9.59 Å². The minimum absolute atomic E-state index is 0.0692. The van der Waals surface area contributed by atoms with Crippen LogP contribution in [0.3, 0.4) is 0 Å². The van der Waals surface area contributed by atoms with E-state index >= 15 is 0 Å². The SMILES string of the molecule is CCCC(CCC)N1C(=c2c(=O)c(=C3N(C(CCC)CCC)c4ccccc4C3(C)C)c2=O)C(C)(C)c2ccccc21. The van der Waals surface area contributed by atoms with Crippen molar-refractivity contribution in [3.8, 4) is 0 Å². The number of nitrogens with zero attached hydrogens (tertiary/aromatic N) is 2. The highest BCUT2D eigenvalue weighted by molar-refractivity contribution is 5.89. The van der Waals surface area contributed by atoms with Gasteiger partial charge >= 0.3 is 0 Å². The zero-order valence-corrected chi connectivity index (χ0v) is 27.1. The van der Waals surface area contributed by atoms with Crippen molar-refractivity contribution >= 4 is 22.8 Å². The van der Waals surface area contributed by atoms with Crippen molar-refractivity contribution in [2.75, 3.05) is 9.80 Å². The summed E-state index contributed by atoms with van der Waals surface area (Å²) in [6, 6.07) is 17.5. The molecule has 5 rings (SSSR count). The van der Waals surface area contributed by atoms with Crippen molar-refractivity contribution in [2.24, 2.45) is 0 Å². The summed E-state index contributed by atoms with van der Waals surface area (Å²) in [6.45, 7) is 17.7. The molecule has 0 aromatic heterocycles. The fraction of sp³-hybridized carbons (Fsp3) is 0.526. The molecule has 4 nitrogen and oxygen atoms in total. The predicted molar refractivity (Wildman–Crippen MR) is 179 cm³/mol. The summed E-state index contributed by atoms with van der Waals surface area (Å²) in [5, 5.41) is 0.815. The normalized spacial score (nSPS) is 17.2. The zero-order chi connectivity index (χ0) is 30.4. The maximum atomic E-state index is 14.6. The van der Waals surface area contributed by atoms with Crippen LogP contribution >= 0.6 is 0 Å². The third kappa shape index (κ3) is 4.48. The van der Waals surface area contributed by atoms with Crippen LogP contribution in [0.1, 0.15) is 118 Å². The Balaban J connectivity index is 1.85. The monoisotopic (exact) mass is 566 g/mol. The van der Waals surface area contributed by atoms with Gasteiger partial charge in [0.15, 0.2) is 0 Å². The highest BCUT2D eigenvalue weighted by Gasteiger charge is 2.47. The molecule has 0 aliphatic carbocycles. The highest BCUT2D eigenvalue weighted by atomic mass is 16.1. The molecular formula is C38H50N2O2. The molecule has 0 fully saturated rings. The quantitative estimate of drug-likeness (QED) is 0.264. The molecule has 42 heavy (non-hydrogen) atoms. The van der Waals surface area contributed by atoms with Crippen LogP contribution in [-0.4, -0.2) is 12.1 Å². The summed E-state index contributed by atoms with van der Waals surface area (Å²) in [6.07, 6.45) is 8.33. The Morgan fingerprint density at radius 3 is 1.17 bits per heavy atom. The molecule has 4 heteroatoms. The van der Waals surface area contributed by atoms with Crippen molar-refractivity contribution in [1.29, 1.82) is 0 Å². The number of para-hydroxylation sites is 2. The van der Waals surface area contributed by atoms with E-state index in [4.69, 9.17) is 0 Å². The molecule has 0 amide bonds. The maximum Gasteiger partial charge on any atom is 0.204 e. The summed E-state index contributed by atoms with van der Waals surface area (Å²) in [7, 11) is 0. The lowest BCUT2D eigenvalue weighted by Gasteiger charge is -2.35. The summed E-state index contributed by atoms with van der Waals surface area (Å²) in [4.78, 5) is 34.0. The first-order valence-electron chi connectivity index (χ1n) is 16.4. The maximum absolute atomic E-state index is 14.6. The van der Waals surface area contributed by atoms with Gasteiger partial charge in [0.2, 0.25) is 10.9 Å². The van der Waals surface area contributed by atoms with Crippen LogP contribution in [0.25, 0.3) is 11.4 Å². The number of rotatable bonds is 10. The largest absolute Gasteiger partial charge is 0.340 e. The van der Waals surface area contributed by atoms with Crippen LogP contribution in [-0.2, 0) is 10.8 Å². The van der Waals surface area contributed by atoms with Gasteiger partial charge in [0.1, 0.15) is 0 Å². The second-order valence-corrected chi connectivity index (χ2v) is 13.6. The van der Waals surface area contributed by atoms with Gasteiger partial charge in [-0.2, -0.15) is 0 Å². The number of anilines is 2. The molecule has 0 N–H and O–H groups in total. The van der Waals surface area contributed by atoms with E-state index in [2.05, 4.69) is 114 Å². The van der Waals surface area contributed by atoms with Gasteiger partial charge in [0, 0.05) is 45.7 Å². The van der Waals surface area contributed by atoms with Crippen molar-refractivity contribution in [2.45, 2.75) is 130 Å². The van der Waals surface area contributed by atoms with Crippen LogP contribution in [0.4, 0.5) is 11.4 Å². The fourth-order valence-electron chi connectivity index (χ4n) is 8.11. The van der Waals surface area contributed by atoms with E-state index in [1.165, 1.54) is 11.1 Å². The third-order valence-electron chi connectivity index (χ3n) is 9.94. The van der Waals surface area contributed by atoms with Crippen molar-refractivity contribution in [1.82, 2.24) is 0 Å². The summed E-state index contributed by atoms with van der Waals surface area (Å²) in [5.41, 5.74) is 5.52. The molecule has 2 heterocycles. The minimum atomic E-state index is -0.437. The standard InChI is InChI=1S/C38H50N2O2/c1-9-17-25(18-10-2)39-29-23-15-13-21-27(29)37(5,6)35(39)31-33(41)32(34(31)42)36-38(7,8)28-22-14-16-24-30(28)40(36)26(19-11-3)20-12-4/h13-16,21-26H,9-12,17-20H2,1-8H3. The molecule has 0 atom stereocenters. The average Bonchev–Trinajstić information content (AvgIpc) is 3.33. The van der Waals surface area contributed by atoms with Crippen LogP contribution in [0.15, 0.2) is 58.1 Å². The smallest absolute Gasteiger partial charge is 0.204 e. The van der Waals surface area contributed by atoms with E-state index in [9.17, 15) is 9.59 Å². The van der Waals surface area contributed by atoms with Gasteiger partial charge in [0.25, 0.3) is 0 Å². The Morgan fingerprint density at radius 2 is 0.857 bits per heavy atom. The first-order chi connectivity index (χ1) is 20.1. The van der Waals surface area contributed by atoms with E-state index in [-0.39, 0.29) is 22.9 Å². The average molecular weight is 567 g/mol. The lowest BCUT2D eigenvalue weighted by Crippen LogP contribution is -2.69. The van der Waals surface area contributed by atoms with Crippen LogP contribution in [0.5, 0.6) is 0 Å².